The standard InChI is InChI=1S/C21H31N5O2S/c1-3-25(4-2)19(27)11-10-17-13-22-20(28)18-12-16(14-26(17)18)24-21(29)23-15-8-6-5-7-9-15/h5-9,16-18H,3-4,10-14H2,1-2H3,(H,22,28)(H2,23,24,29). The molecule has 2 amide bonds. The maximum absolute atomic E-state index is 12.4. The number of piperazine rings is 1. The summed E-state index contributed by atoms with van der Waals surface area (Å²) in [5.74, 6) is 0.258. The summed E-state index contributed by atoms with van der Waals surface area (Å²) in [6.45, 7) is 6.82. The second-order valence-corrected chi connectivity index (χ2v) is 8.02. The fraction of sp³-hybridized carbons (Fsp3) is 0.571. The van der Waals surface area contributed by atoms with Crippen LogP contribution in [0.3, 0.4) is 0 Å². The molecular formula is C21H31N5O2S. The highest BCUT2D eigenvalue weighted by atomic mass is 32.1. The Morgan fingerprint density at radius 1 is 1.28 bits per heavy atom. The van der Waals surface area contributed by atoms with Gasteiger partial charge >= 0.3 is 0 Å². The Morgan fingerprint density at radius 2 is 2.00 bits per heavy atom. The molecule has 2 aliphatic heterocycles. The first-order chi connectivity index (χ1) is 14.0. The van der Waals surface area contributed by atoms with E-state index in [-0.39, 0.29) is 29.9 Å². The number of benzene rings is 1. The Bertz CT molecular complexity index is 725. The zero-order chi connectivity index (χ0) is 20.8. The molecule has 3 rings (SSSR count). The van der Waals surface area contributed by atoms with Crippen molar-refractivity contribution in [2.75, 3.05) is 31.5 Å². The van der Waals surface area contributed by atoms with Gasteiger partial charge in [-0.05, 0) is 51.0 Å². The highest BCUT2D eigenvalue weighted by Crippen LogP contribution is 2.26. The van der Waals surface area contributed by atoms with Crippen LogP contribution in [-0.2, 0) is 9.59 Å². The summed E-state index contributed by atoms with van der Waals surface area (Å²) in [6, 6.07) is 9.91. The van der Waals surface area contributed by atoms with Crippen LogP contribution in [0.1, 0.15) is 33.1 Å². The number of nitrogens with zero attached hydrogens (tertiary/aromatic N) is 2. The fourth-order valence-corrected chi connectivity index (χ4v) is 4.53. The van der Waals surface area contributed by atoms with Crippen LogP contribution in [0.2, 0.25) is 0 Å². The minimum Gasteiger partial charge on any atom is -0.358 e. The minimum atomic E-state index is -0.158. The highest BCUT2D eigenvalue weighted by molar-refractivity contribution is 7.80. The van der Waals surface area contributed by atoms with E-state index in [9.17, 15) is 9.59 Å². The van der Waals surface area contributed by atoms with Crippen LogP contribution in [0.25, 0.3) is 0 Å². The zero-order valence-electron chi connectivity index (χ0n) is 17.2. The van der Waals surface area contributed by atoms with Gasteiger partial charge < -0.3 is 20.9 Å². The summed E-state index contributed by atoms with van der Waals surface area (Å²) in [6.07, 6.45) is 1.98. The lowest BCUT2D eigenvalue weighted by atomic mass is 10.0. The lowest BCUT2D eigenvalue weighted by molar-refractivity contribution is -0.132. The molecule has 3 N–H and O–H groups in total. The predicted octanol–water partition coefficient (Wildman–Crippen LogP) is 1.56. The van der Waals surface area contributed by atoms with E-state index in [2.05, 4.69) is 20.9 Å². The molecule has 29 heavy (non-hydrogen) atoms. The van der Waals surface area contributed by atoms with Gasteiger partial charge in [0.05, 0.1) is 6.04 Å². The molecule has 2 saturated heterocycles. The van der Waals surface area contributed by atoms with Crippen molar-refractivity contribution in [3.63, 3.8) is 0 Å². The van der Waals surface area contributed by atoms with E-state index in [1.165, 1.54) is 0 Å². The molecule has 0 aliphatic carbocycles. The van der Waals surface area contributed by atoms with E-state index in [0.717, 1.165) is 31.7 Å². The first-order valence-electron chi connectivity index (χ1n) is 10.5. The summed E-state index contributed by atoms with van der Waals surface area (Å²) in [5.41, 5.74) is 0.936. The van der Waals surface area contributed by atoms with Crippen LogP contribution in [0.4, 0.5) is 5.69 Å². The third-order valence-corrected chi connectivity index (χ3v) is 6.02. The van der Waals surface area contributed by atoms with Gasteiger partial charge in [0.1, 0.15) is 0 Å². The summed E-state index contributed by atoms with van der Waals surface area (Å²) in [7, 11) is 0. The van der Waals surface area contributed by atoms with Crippen LogP contribution in [0, 0.1) is 0 Å². The van der Waals surface area contributed by atoms with Gasteiger partial charge in [0, 0.05) is 50.4 Å². The lowest BCUT2D eigenvalue weighted by Gasteiger charge is -2.37. The van der Waals surface area contributed by atoms with Crippen molar-refractivity contribution in [1.82, 2.24) is 20.4 Å². The molecule has 0 spiro atoms. The Labute approximate surface area is 178 Å². The van der Waals surface area contributed by atoms with Gasteiger partial charge in [-0.15, -0.1) is 0 Å². The molecule has 3 unspecified atom stereocenters. The zero-order valence-corrected chi connectivity index (χ0v) is 18.0. The Kier molecular flexibility index (Phi) is 7.44. The molecular weight excluding hydrogens is 386 g/mol. The van der Waals surface area contributed by atoms with E-state index >= 15 is 0 Å². The molecule has 0 aromatic heterocycles. The largest absolute Gasteiger partial charge is 0.358 e. The van der Waals surface area contributed by atoms with Crippen molar-refractivity contribution in [1.29, 1.82) is 0 Å². The first-order valence-corrected chi connectivity index (χ1v) is 10.9. The maximum atomic E-state index is 12.4. The van der Waals surface area contributed by atoms with Crippen molar-refractivity contribution >= 4 is 34.8 Å². The van der Waals surface area contributed by atoms with Gasteiger partial charge in [-0.25, -0.2) is 0 Å². The summed E-state index contributed by atoms with van der Waals surface area (Å²) in [4.78, 5) is 28.9. The van der Waals surface area contributed by atoms with Crippen LogP contribution < -0.4 is 16.0 Å². The van der Waals surface area contributed by atoms with E-state index in [1.807, 2.05) is 49.1 Å². The van der Waals surface area contributed by atoms with Gasteiger partial charge in [-0.1, -0.05) is 18.2 Å². The van der Waals surface area contributed by atoms with Crippen molar-refractivity contribution in [2.24, 2.45) is 0 Å². The van der Waals surface area contributed by atoms with Gasteiger partial charge in [-0.3, -0.25) is 14.5 Å². The SMILES string of the molecule is CCN(CC)C(=O)CCC1CNC(=O)C2CC(NC(=S)Nc3ccccc3)CN12. The van der Waals surface area contributed by atoms with Crippen LogP contribution in [0.15, 0.2) is 30.3 Å². The maximum Gasteiger partial charge on any atom is 0.237 e. The number of para-hydroxylation sites is 1. The van der Waals surface area contributed by atoms with Crippen LogP contribution >= 0.6 is 12.2 Å². The third-order valence-electron chi connectivity index (χ3n) is 5.80. The molecule has 1 aromatic rings. The second-order valence-electron chi connectivity index (χ2n) is 7.61. The monoisotopic (exact) mass is 417 g/mol. The third kappa shape index (κ3) is 5.45. The summed E-state index contributed by atoms with van der Waals surface area (Å²) in [5, 5.41) is 10.1. The summed E-state index contributed by atoms with van der Waals surface area (Å²) >= 11 is 5.45. The minimum absolute atomic E-state index is 0.0718. The number of amides is 2. The van der Waals surface area contributed by atoms with E-state index in [0.29, 0.717) is 24.5 Å². The first kappa shape index (κ1) is 21.5. The number of carbonyl (C=O) groups is 2. The van der Waals surface area contributed by atoms with Gasteiger partial charge in [0.15, 0.2) is 5.11 Å². The molecule has 1 aromatic carbocycles. The van der Waals surface area contributed by atoms with Crippen molar-refractivity contribution < 1.29 is 9.59 Å². The molecule has 158 valence electrons. The van der Waals surface area contributed by atoms with E-state index in [1.54, 1.807) is 0 Å². The number of thiocarbonyl (C=S) groups is 1. The predicted molar refractivity (Wildman–Crippen MR) is 119 cm³/mol. The van der Waals surface area contributed by atoms with E-state index < -0.39 is 0 Å². The molecule has 2 aliphatic rings. The topological polar surface area (TPSA) is 76.7 Å². The highest BCUT2D eigenvalue weighted by Gasteiger charge is 2.43. The number of nitrogens with one attached hydrogen (secondary N) is 3. The molecule has 8 heteroatoms. The van der Waals surface area contributed by atoms with Crippen molar-refractivity contribution in [2.45, 2.75) is 51.2 Å². The van der Waals surface area contributed by atoms with Crippen molar-refractivity contribution in [3.8, 4) is 0 Å². The Morgan fingerprint density at radius 3 is 2.69 bits per heavy atom. The second kappa shape index (κ2) is 10.0. The number of rotatable bonds is 7. The van der Waals surface area contributed by atoms with Crippen LogP contribution in [-0.4, -0.2) is 71.0 Å². The Balaban J connectivity index is 1.54. The van der Waals surface area contributed by atoms with Gasteiger partial charge in [-0.2, -0.15) is 0 Å². The summed E-state index contributed by atoms with van der Waals surface area (Å²) < 4.78 is 0. The smallest absolute Gasteiger partial charge is 0.237 e. The molecule has 2 fully saturated rings. The average molecular weight is 418 g/mol. The number of hydrogen-bond donors (Lipinski definition) is 3. The number of carbonyl (C=O) groups excluding carboxylic acids is 2. The molecule has 3 atom stereocenters. The van der Waals surface area contributed by atoms with E-state index in [4.69, 9.17) is 12.2 Å². The normalized spacial score (nSPS) is 23.8. The fourth-order valence-electron chi connectivity index (χ4n) is 4.25. The van der Waals surface area contributed by atoms with Crippen LogP contribution in [0.5, 0.6) is 0 Å². The molecule has 0 radical (unpaired) electrons. The van der Waals surface area contributed by atoms with Gasteiger partial charge in [0.2, 0.25) is 11.8 Å². The van der Waals surface area contributed by atoms with Gasteiger partial charge in [0.25, 0.3) is 0 Å². The average Bonchev–Trinajstić information content (AvgIpc) is 3.13. The molecule has 0 bridgehead atoms. The number of anilines is 1. The quantitative estimate of drug-likeness (QED) is 0.585. The van der Waals surface area contributed by atoms with Crippen molar-refractivity contribution in [3.05, 3.63) is 30.3 Å². The molecule has 0 saturated carbocycles. The lowest BCUT2D eigenvalue weighted by Crippen LogP contribution is -2.58. The Hall–Kier alpha value is -2.19. The number of hydrogen-bond acceptors (Lipinski definition) is 4. The molecule has 7 nitrogen and oxygen atoms in total. The molecule has 2 heterocycles. The number of fused-ring (bicyclic) bond motifs is 1.